The van der Waals surface area contributed by atoms with E-state index >= 15 is 0 Å². The van der Waals surface area contributed by atoms with E-state index in [0.29, 0.717) is 6.42 Å². The minimum atomic E-state index is 0.141. The molecule has 0 heterocycles. The lowest BCUT2D eigenvalue weighted by Gasteiger charge is -2.17. The van der Waals surface area contributed by atoms with E-state index in [9.17, 15) is 4.79 Å². The summed E-state index contributed by atoms with van der Waals surface area (Å²) in [5.74, 6) is 0.141. The normalized spacial score (nSPS) is 19.0. The van der Waals surface area contributed by atoms with Gasteiger partial charge < -0.3 is 5.32 Å². The third-order valence-corrected chi connectivity index (χ3v) is 5.25. The molecule has 0 aromatic heterocycles. The van der Waals surface area contributed by atoms with Gasteiger partial charge in [0.15, 0.2) is 0 Å². The van der Waals surface area contributed by atoms with Crippen molar-refractivity contribution in [2.45, 2.75) is 51.0 Å². The average molecular weight is 305 g/mol. The van der Waals surface area contributed by atoms with Crippen molar-refractivity contribution in [3.05, 3.63) is 70.3 Å². The van der Waals surface area contributed by atoms with Crippen LogP contribution in [0.3, 0.4) is 0 Å². The van der Waals surface area contributed by atoms with Crippen molar-refractivity contribution >= 4 is 5.91 Å². The molecule has 23 heavy (non-hydrogen) atoms. The maximum absolute atomic E-state index is 12.4. The largest absolute Gasteiger partial charge is 0.349 e. The number of nitrogens with one attached hydrogen (secondary N) is 1. The van der Waals surface area contributed by atoms with E-state index in [4.69, 9.17) is 0 Å². The van der Waals surface area contributed by atoms with E-state index in [1.165, 1.54) is 47.9 Å². The van der Waals surface area contributed by atoms with Gasteiger partial charge in [-0.05, 0) is 66.3 Å². The van der Waals surface area contributed by atoms with Gasteiger partial charge in [0.05, 0.1) is 12.5 Å². The number of benzene rings is 2. The molecule has 1 amide bonds. The molecule has 2 aromatic rings. The van der Waals surface area contributed by atoms with Crippen molar-refractivity contribution in [3.63, 3.8) is 0 Å². The number of carbonyl (C=O) groups is 1. The Bertz CT molecular complexity index is 734. The fourth-order valence-electron chi connectivity index (χ4n) is 4.03. The predicted molar refractivity (Wildman–Crippen MR) is 92.4 cm³/mol. The van der Waals surface area contributed by atoms with Crippen LogP contribution in [0, 0.1) is 0 Å². The molecule has 0 radical (unpaired) electrons. The second kappa shape index (κ2) is 6.19. The number of amides is 1. The van der Waals surface area contributed by atoms with Gasteiger partial charge in [-0.2, -0.15) is 0 Å². The Hall–Kier alpha value is -2.09. The van der Waals surface area contributed by atoms with Crippen molar-refractivity contribution in [3.8, 4) is 0 Å². The van der Waals surface area contributed by atoms with Crippen LogP contribution < -0.4 is 5.32 Å². The number of fused-ring (bicyclic) bond motifs is 2. The van der Waals surface area contributed by atoms with Crippen molar-refractivity contribution in [1.82, 2.24) is 5.32 Å². The predicted octanol–water partition coefficient (Wildman–Crippen LogP) is 3.91. The molecule has 0 aliphatic heterocycles. The third-order valence-electron chi connectivity index (χ3n) is 5.25. The molecular weight excluding hydrogens is 282 g/mol. The molecule has 2 nitrogen and oxygen atoms in total. The van der Waals surface area contributed by atoms with Gasteiger partial charge in [-0.3, -0.25) is 4.79 Å². The third kappa shape index (κ3) is 3.03. The van der Waals surface area contributed by atoms with Crippen molar-refractivity contribution < 1.29 is 4.79 Å². The lowest BCUT2D eigenvalue weighted by molar-refractivity contribution is -0.121. The van der Waals surface area contributed by atoms with E-state index in [-0.39, 0.29) is 11.9 Å². The van der Waals surface area contributed by atoms with Gasteiger partial charge in [0, 0.05) is 0 Å². The summed E-state index contributed by atoms with van der Waals surface area (Å²) >= 11 is 0. The first-order valence-corrected chi connectivity index (χ1v) is 8.77. The second-order valence-electron chi connectivity index (χ2n) is 6.84. The molecule has 0 unspecified atom stereocenters. The Labute approximate surface area is 137 Å². The SMILES string of the molecule is O=C(Cc1ccc2c(c1)CCCC2)N[C@H]1CCc2ccccc21. The zero-order valence-electron chi connectivity index (χ0n) is 13.5. The Balaban J connectivity index is 1.43. The molecule has 0 fully saturated rings. The first-order chi connectivity index (χ1) is 11.3. The van der Waals surface area contributed by atoms with Gasteiger partial charge in [0.25, 0.3) is 0 Å². The summed E-state index contributed by atoms with van der Waals surface area (Å²) in [4.78, 5) is 12.4. The summed E-state index contributed by atoms with van der Waals surface area (Å²) in [6, 6.07) is 15.3. The van der Waals surface area contributed by atoms with E-state index in [1.807, 2.05) is 0 Å². The van der Waals surface area contributed by atoms with Crippen molar-refractivity contribution in [2.75, 3.05) is 0 Å². The number of rotatable bonds is 3. The monoisotopic (exact) mass is 305 g/mol. The molecule has 2 aromatic carbocycles. The van der Waals surface area contributed by atoms with Crippen molar-refractivity contribution in [1.29, 1.82) is 0 Å². The smallest absolute Gasteiger partial charge is 0.224 e. The first kappa shape index (κ1) is 14.5. The van der Waals surface area contributed by atoms with Crippen LogP contribution in [0.25, 0.3) is 0 Å². The molecule has 0 saturated carbocycles. The summed E-state index contributed by atoms with van der Waals surface area (Å²) in [5, 5.41) is 3.22. The first-order valence-electron chi connectivity index (χ1n) is 8.77. The van der Waals surface area contributed by atoms with E-state index < -0.39 is 0 Å². The topological polar surface area (TPSA) is 29.1 Å². The van der Waals surface area contributed by atoms with Gasteiger partial charge in [-0.1, -0.05) is 42.5 Å². The van der Waals surface area contributed by atoms with E-state index in [0.717, 1.165) is 18.4 Å². The van der Waals surface area contributed by atoms with Gasteiger partial charge in [-0.25, -0.2) is 0 Å². The van der Waals surface area contributed by atoms with Crippen LogP contribution in [0.15, 0.2) is 42.5 Å². The maximum Gasteiger partial charge on any atom is 0.224 e. The second-order valence-corrected chi connectivity index (χ2v) is 6.84. The summed E-state index contributed by atoms with van der Waals surface area (Å²) in [5.41, 5.74) is 6.75. The van der Waals surface area contributed by atoms with E-state index in [2.05, 4.69) is 47.8 Å². The molecule has 2 heteroatoms. The zero-order chi connectivity index (χ0) is 15.6. The summed E-state index contributed by atoms with van der Waals surface area (Å²) in [6.07, 6.45) is 7.53. The van der Waals surface area contributed by atoms with Gasteiger partial charge in [-0.15, -0.1) is 0 Å². The summed E-state index contributed by atoms with van der Waals surface area (Å²) in [7, 11) is 0. The van der Waals surface area contributed by atoms with Gasteiger partial charge in [0.2, 0.25) is 5.91 Å². The maximum atomic E-state index is 12.4. The molecule has 0 bridgehead atoms. The highest BCUT2D eigenvalue weighted by Crippen LogP contribution is 2.30. The quantitative estimate of drug-likeness (QED) is 0.915. The molecule has 2 aliphatic rings. The highest BCUT2D eigenvalue weighted by atomic mass is 16.1. The molecule has 0 spiro atoms. The molecule has 2 aliphatic carbocycles. The molecular formula is C21H23NO. The van der Waals surface area contributed by atoms with Crippen LogP contribution in [0.4, 0.5) is 0 Å². The molecule has 1 atom stereocenters. The molecule has 0 saturated heterocycles. The minimum absolute atomic E-state index is 0.141. The number of hydrogen-bond acceptors (Lipinski definition) is 1. The summed E-state index contributed by atoms with van der Waals surface area (Å²) < 4.78 is 0. The Morgan fingerprint density at radius 3 is 2.70 bits per heavy atom. The molecule has 118 valence electrons. The van der Waals surface area contributed by atoms with Crippen LogP contribution >= 0.6 is 0 Å². The molecule has 4 rings (SSSR count). The van der Waals surface area contributed by atoms with Crippen LogP contribution in [-0.2, 0) is 30.5 Å². The van der Waals surface area contributed by atoms with Crippen LogP contribution in [-0.4, -0.2) is 5.91 Å². The highest BCUT2D eigenvalue weighted by Gasteiger charge is 2.23. The van der Waals surface area contributed by atoms with Crippen LogP contribution in [0.1, 0.15) is 53.1 Å². The average Bonchev–Trinajstić information content (AvgIpc) is 2.98. The summed E-state index contributed by atoms with van der Waals surface area (Å²) in [6.45, 7) is 0. The zero-order valence-corrected chi connectivity index (χ0v) is 13.5. The fourth-order valence-corrected chi connectivity index (χ4v) is 4.03. The number of hydrogen-bond donors (Lipinski definition) is 1. The van der Waals surface area contributed by atoms with Gasteiger partial charge >= 0.3 is 0 Å². The Morgan fingerprint density at radius 1 is 0.957 bits per heavy atom. The standard InChI is InChI=1S/C21H23NO/c23-21(22-20-12-11-17-6-3-4-8-19(17)20)14-15-9-10-16-5-1-2-7-18(16)13-15/h3-4,6,8-10,13,20H,1-2,5,7,11-12,14H2,(H,22,23)/t20-/m0/s1. The van der Waals surface area contributed by atoms with Gasteiger partial charge in [0.1, 0.15) is 0 Å². The lowest BCUT2D eigenvalue weighted by atomic mass is 9.90. The minimum Gasteiger partial charge on any atom is -0.349 e. The lowest BCUT2D eigenvalue weighted by Crippen LogP contribution is -2.28. The fraction of sp³-hybridized carbons (Fsp3) is 0.381. The Morgan fingerprint density at radius 2 is 1.78 bits per heavy atom. The Kier molecular flexibility index (Phi) is 3.90. The van der Waals surface area contributed by atoms with E-state index in [1.54, 1.807) is 0 Å². The van der Waals surface area contributed by atoms with Crippen molar-refractivity contribution in [2.24, 2.45) is 0 Å². The molecule has 1 N–H and O–H groups in total. The highest BCUT2D eigenvalue weighted by molar-refractivity contribution is 5.79. The number of aryl methyl sites for hydroxylation is 3. The van der Waals surface area contributed by atoms with Crippen LogP contribution in [0.2, 0.25) is 0 Å². The number of carbonyl (C=O) groups excluding carboxylic acids is 1. The van der Waals surface area contributed by atoms with Crippen LogP contribution in [0.5, 0.6) is 0 Å².